The van der Waals surface area contributed by atoms with Crippen LogP contribution in [0.5, 0.6) is 0 Å². The second-order valence-corrected chi connectivity index (χ2v) is 8.11. The summed E-state index contributed by atoms with van der Waals surface area (Å²) in [5, 5.41) is 0. The van der Waals surface area contributed by atoms with Crippen molar-refractivity contribution < 1.29 is 22.7 Å². The molecular formula is C20H23NO5S. The van der Waals surface area contributed by atoms with E-state index in [1.54, 1.807) is 24.3 Å². The number of benzene rings is 2. The van der Waals surface area contributed by atoms with Gasteiger partial charge in [-0.05, 0) is 38.1 Å². The largest absolute Gasteiger partial charge is 0.449 e. The SMILES string of the molecule is CCN(C(=O)[C@H](C)OC(=O)c1ccccc1S(=O)(=O)CC)c1ccccc1. The molecule has 0 spiro atoms. The Balaban J connectivity index is 2.22. The molecule has 0 aromatic heterocycles. The fraction of sp³-hybridized carbons (Fsp3) is 0.300. The van der Waals surface area contributed by atoms with Gasteiger partial charge in [0.15, 0.2) is 15.9 Å². The molecule has 0 bridgehead atoms. The highest BCUT2D eigenvalue weighted by Gasteiger charge is 2.27. The molecule has 6 nitrogen and oxygen atoms in total. The van der Waals surface area contributed by atoms with Crippen molar-refractivity contribution in [2.75, 3.05) is 17.2 Å². The number of carbonyl (C=O) groups is 2. The van der Waals surface area contributed by atoms with E-state index in [0.29, 0.717) is 12.2 Å². The highest BCUT2D eigenvalue weighted by Crippen LogP contribution is 2.20. The van der Waals surface area contributed by atoms with E-state index < -0.39 is 21.9 Å². The van der Waals surface area contributed by atoms with Crippen molar-refractivity contribution in [3.05, 3.63) is 60.2 Å². The number of ether oxygens (including phenoxy) is 1. The summed E-state index contributed by atoms with van der Waals surface area (Å²) in [6, 6.07) is 14.9. The second kappa shape index (κ2) is 8.81. The lowest BCUT2D eigenvalue weighted by Crippen LogP contribution is -2.40. The number of esters is 1. The summed E-state index contributed by atoms with van der Waals surface area (Å²) in [7, 11) is -3.59. The molecule has 1 amide bonds. The summed E-state index contributed by atoms with van der Waals surface area (Å²) in [5.74, 6) is -1.36. The van der Waals surface area contributed by atoms with Crippen LogP contribution in [-0.4, -0.2) is 38.7 Å². The van der Waals surface area contributed by atoms with E-state index >= 15 is 0 Å². The Bertz CT molecular complexity index is 909. The quantitative estimate of drug-likeness (QED) is 0.680. The molecule has 144 valence electrons. The number of para-hydroxylation sites is 1. The summed E-state index contributed by atoms with van der Waals surface area (Å²) in [6.45, 7) is 5.21. The van der Waals surface area contributed by atoms with Crippen LogP contribution in [0.2, 0.25) is 0 Å². The summed E-state index contributed by atoms with van der Waals surface area (Å²) in [5.41, 5.74) is 0.628. The van der Waals surface area contributed by atoms with Crippen molar-refractivity contribution in [2.24, 2.45) is 0 Å². The third-order valence-corrected chi connectivity index (χ3v) is 5.89. The standard InChI is InChI=1S/C20H23NO5S/c1-4-21(16-11-7-6-8-12-16)19(22)15(3)26-20(23)17-13-9-10-14-18(17)27(24,25)5-2/h6-15H,4-5H2,1-3H3/t15-/m0/s1. The lowest BCUT2D eigenvalue weighted by molar-refractivity contribution is -0.126. The van der Waals surface area contributed by atoms with E-state index in [2.05, 4.69) is 0 Å². The van der Waals surface area contributed by atoms with Crippen LogP contribution < -0.4 is 4.90 Å². The maximum atomic E-state index is 12.7. The molecule has 0 aliphatic carbocycles. The first-order chi connectivity index (χ1) is 12.8. The minimum Gasteiger partial charge on any atom is -0.449 e. The van der Waals surface area contributed by atoms with Gasteiger partial charge >= 0.3 is 5.97 Å². The van der Waals surface area contributed by atoms with E-state index in [1.165, 1.54) is 30.9 Å². The zero-order chi connectivity index (χ0) is 20.0. The van der Waals surface area contributed by atoms with Crippen molar-refractivity contribution in [3.63, 3.8) is 0 Å². The molecule has 2 aromatic rings. The summed E-state index contributed by atoms with van der Waals surface area (Å²) >= 11 is 0. The van der Waals surface area contributed by atoms with Crippen LogP contribution in [0.1, 0.15) is 31.1 Å². The van der Waals surface area contributed by atoms with Crippen molar-refractivity contribution in [2.45, 2.75) is 31.8 Å². The van der Waals surface area contributed by atoms with Gasteiger partial charge in [0.2, 0.25) is 0 Å². The predicted molar refractivity (Wildman–Crippen MR) is 104 cm³/mol. The molecule has 0 unspecified atom stereocenters. The molecule has 0 saturated carbocycles. The van der Waals surface area contributed by atoms with Gasteiger partial charge in [-0.3, -0.25) is 4.79 Å². The van der Waals surface area contributed by atoms with Gasteiger partial charge in [-0.15, -0.1) is 0 Å². The Morgan fingerprint density at radius 3 is 2.19 bits per heavy atom. The molecule has 0 aliphatic heterocycles. The van der Waals surface area contributed by atoms with Gasteiger partial charge in [-0.25, -0.2) is 13.2 Å². The molecule has 0 saturated heterocycles. The van der Waals surface area contributed by atoms with Gasteiger partial charge < -0.3 is 9.64 Å². The average Bonchev–Trinajstić information content (AvgIpc) is 2.69. The first-order valence-electron chi connectivity index (χ1n) is 8.71. The molecule has 2 rings (SSSR count). The van der Waals surface area contributed by atoms with Crippen LogP contribution in [0, 0.1) is 0 Å². The van der Waals surface area contributed by atoms with E-state index in [4.69, 9.17) is 4.74 Å². The van der Waals surface area contributed by atoms with Crippen LogP contribution in [-0.2, 0) is 19.4 Å². The molecule has 0 aliphatic rings. The third kappa shape index (κ3) is 4.74. The molecule has 0 fully saturated rings. The Morgan fingerprint density at radius 2 is 1.59 bits per heavy atom. The van der Waals surface area contributed by atoms with Crippen molar-refractivity contribution in [3.8, 4) is 0 Å². The number of nitrogens with zero attached hydrogens (tertiary/aromatic N) is 1. The predicted octanol–water partition coefficient (Wildman–Crippen LogP) is 3.08. The molecule has 1 atom stereocenters. The smallest absolute Gasteiger partial charge is 0.340 e. The number of anilines is 1. The van der Waals surface area contributed by atoms with E-state index in [1.807, 2.05) is 25.1 Å². The maximum absolute atomic E-state index is 12.7. The maximum Gasteiger partial charge on any atom is 0.340 e. The lowest BCUT2D eigenvalue weighted by Gasteiger charge is -2.24. The van der Waals surface area contributed by atoms with Gasteiger partial charge in [-0.2, -0.15) is 0 Å². The van der Waals surface area contributed by atoms with Gasteiger partial charge in [0.05, 0.1) is 16.2 Å². The van der Waals surface area contributed by atoms with Gasteiger partial charge in [-0.1, -0.05) is 37.3 Å². The number of carbonyl (C=O) groups excluding carboxylic acids is 2. The summed E-state index contributed by atoms with van der Waals surface area (Å²) in [4.78, 5) is 26.7. The zero-order valence-electron chi connectivity index (χ0n) is 15.6. The second-order valence-electron chi connectivity index (χ2n) is 5.87. The molecule has 0 radical (unpaired) electrons. The van der Waals surface area contributed by atoms with Crippen molar-refractivity contribution in [1.82, 2.24) is 0 Å². The summed E-state index contributed by atoms with van der Waals surface area (Å²) < 4.78 is 29.7. The van der Waals surface area contributed by atoms with Gasteiger partial charge in [0.1, 0.15) is 0 Å². The Kier molecular flexibility index (Phi) is 6.74. The zero-order valence-corrected chi connectivity index (χ0v) is 16.4. The normalized spacial score (nSPS) is 12.3. The van der Waals surface area contributed by atoms with Crippen LogP contribution in [0.3, 0.4) is 0 Å². The first-order valence-corrected chi connectivity index (χ1v) is 10.4. The lowest BCUT2D eigenvalue weighted by atomic mass is 10.2. The number of likely N-dealkylation sites (N-methyl/N-ethyl adjacent to an activating group) is 1. The highest BCUT2D eigenvalue weighted by atomic mass is 32.2. The van der Waals surface area contributed by atoms with Crippen LogP contribution in [0.15, 0.2) is 59.5 Å². The fourth-order valence-electron chi connectivity index (χ4n) is 2.63. The number of sulfone groups is 1. The molecule has 27 heavy (non-hydrogen) atoms. The highest BCUT2D eigenvalue weighted by molar-refractivity contribution is 7.91. The molecule has 0 N–H and O–H groups in total. The monoisotopic (exact) mass is 389 g/mol. The van der Waals surface area contributed by atoms with Crippen LogP contribution in [0.4, 0.5) is 5.69 Å². The van der Waals surface area contributed by atoms with Crippen LogP contribution >= 0.6 is 0 Å². The minimum atomic E-state index is -3.59. The van der Waals surface area contributed by atoms with E-state index in [9.17, 15) is 18.0 Å². The van der Waals surface area contributed by atoms with Crippen molar-refractivity contribution in [1.29, 1.82) is 0 Å². The molecule has 2 aromatic carbocycles. The average molecular weight is 389 g/mol. The molecular weight excluding hydrogens is 366 g/mol. The minimum absolute atomic E-state index is 0.0678. The van der Waals surface area contributed by atoms with Crippen LogP contribution in [0.25, 0.3) is 0 Å². The van der Waals surface area contributed by atoms with Crippen molar-refractivity contribution >= 4 is 27.4 Å². The molecule has 0 heterocycles. The van der Waals surface area contributed by atoms with Gasteiger partial charge in [0.25, 0.3) is 5.91 Å². The number of rotatable bonds is 7. The molecule has 7 heteroatoms. The number of amides is 1. The summed E-state index contributed by atoms with van der Waals surface area (Å²) in [6.07, 6.45) is -1.06. The van der Waals surface area contributed by atoms with E-state index in [-0.39, 0.29) is 22.1 Å². The fourth-order valence-corrected chi connectivity index (χ4v) is 3.71. The third-order valence-electron chi connectivity index (χ3n) is 4.10. The van der Waals surface area contributed by atoms with E-state index in [0.717, 1.165) is 0 Å². The topological polar surface area (TPSA) is 80.8 Å². The Hall–Kier alpha value is -2.67. The van der Waals surface area contributed by atoms with Gasteiger partial charge in [0, 0.05) is 12.2 Å². The Labute approximate surface area is 159 Å². The number of hydrogen-bond donors (Lipinski definition) is 0. The first kappa shape index (κ1) is 20.6. The number of hydrogen-bond acceptors (Lipinski definition) is 5. The Morgan fingerprint density at radius 1 is 1.00 bits per heavy atom.